The number of fused-ring (bicyclic) bond motifs is 1. The first-order valence-corrected chi connectivity index (χ1v) is 7.62. The summed E-state index contributed by atoms with van der Waals surface area (Å²) in [5.41, 5.74) is 2.65. The summed E-state index contributed by atoms with van der Waals surface area (Å²) in [6.45, 7) is 0.846. The summed E-state index contributed by atoms with van der Waals surface area (Å²) in [6, 6.07) is 0.258. The molecule has 1 fully saturated rings. The van der Waals surface area contributed by atoms with Crippen LogP contribution in [0.3, 0.4) is 0 Å². The fraction of sp³-hybridized carbons (Fsp3) is 0.733. The molecule has 1 aliphatic heterocycles. The van der Waals surface area contributed by atoms with Crippen molar-refractivity contribution in [2.24, 2.45) is 7.05 Å². The lowest BCUT2D eigenvalue weighted by molar-refractivity contribution is 0.163. The van der Waals surface area contributed by atoms with Gasteiger partial charge in [0.05, 0.1) is 11.7 Å². The summed E-state index contributed by atoms with van der Waals surface area (Å²) in [6.07, 6.45) is 6.83. The Morgan fingerprint density at radius 3 is 2.70 bits per heavy atom. The molecule has 1 saturated heterocycles. The average molecular weight is 276 g/mol. The van der Waals surface area contributed by atoms with Gasteiger partial charge in [-0.25, -0.2) is 9.78 Å². The van der Waals surface area contributed by atoms with Crippen molar-refractivity contribution >= 4 is 6.03 Å². The monoisotopic (exact) mass is 276 g/mol. The second kappa shape index (κ2) is 5.11. The zero-order valence-electron chi connectivity index (χ0n) is 12.7. The van der Waals surface area contributed by atoms with Gasteiger partial charge in [-0.2, -0.15) is 0 Å². The summed E-state index contributed by atoms with van der Waals surface area (Å²) in [5.74, 6) is 1.09. The summed E-state index contributed by atoms with van der Waals surface area (Å²) in [5, 5.41) is 0. The zero-order valence-corrected chi connectivity index (χ0v) is 12.7. The summed E-state index contributed by atoms with van der Waals surface area (Å²) >= 11 is 0. The van der Waals surface area contributed by atoms with Crippen LogP contribution >= 0.6 is 0 Å². The number of aromatic nitrogens is 2. The molecule has 0 N–H and O–H groups in total. The van der Waals surface area contributed by atoms with Gasteiger partial charge in [-0.15, -0.1) is 0 Å². The maximum Gasteiger partial charge on any atom is 0.320 e. The average Bonchev–Trinajstić information content (AvgIpc) is 3.03. The lowest BCUT2D eigenvalue weighted by atomic mass is 10.0. The molecule has 1 aliphatic carbocycles. The van der Waals surface area contributed by atoms with Crippen LogP contribution in [0.5, 0.6) is 0 Å². The molecule has 0 saturated carbocycles. The Balaban J connectivity index is 1.92. The van der Waals surface area contributed by atoms with Crippen molar-refractivity contribution in [1.82, 2.24) is 19.4 Å². The highest BCUT2D eigenvalue weighted by Crippen LogP contribution is 2.34. The molecule has 110 valence electrons. The van der Waals surface area contributed by atoms with Gasteiger partial charge in [0.1, 0.15) is 5.82 Å². The van der Waals surface area contributed by atoms with E-state index in [1.807, 2.05) is 19.0 Å². The van der Waals surface area contributed by atoms with Crippen molar-refractivity contribution in [1.29, 1.82) is 0 Å². The van der Waals surface area contributed by atoms with Crippen molar-refractivity contribution in [3.05, 3.63) is 17.2 Å². The van der Waals surface area contributed by atoms with E-state index in [1.54, 1.807) is 4.90 Å². The third-order valence-electron chi connectivity index (χ3n) is 4.59. The number of likely N-dealkylation sites (tertiary alicyclic amines) is 1. The number of hydrogen-bond acceptors (Lipinski definition) is 2. The van der Waals surface area contributed by atoms with Crippen LogP contribution < -0.4 is 0 Å². The van der Waals surface area contributed by atoms with Crippen molar-refractivity contribution < 1.29 is 4.79 Å². The molecule has 2 aliphatic rings. The van der Waals surface area contributed by atoms with Gasteiger partial charge in [0.25, 0.3) is 0 Å². The highest BCUT2D eigenvalue weighted by atomic mass is 16.2. The summed E-state index contributed by atoms with van der Waals surface area (Å²) in [4.78, 5) is 20.8. The van der Waals surface area contributed by atoms with Gasteiger partial charge in [-0.1, -0.05) is 0 Å². The van der Waals surface area contributed by atoms with Crippen LogP contribution in [0.25, 0.3) is 0 Å². The molecule has 1 aromatic rings. The largest absolute Gasteiger partial charge is 0.333 e. The van der Waals surface area contributed by atoms with Crippen molar-refractivity contribution in [2.45, 2.75) is 44.6 Å². The van der Waals surface area contributed by atoms with Gasteiger partial charge in [0.15, 0.2) is 0 Å². The molecular weight excluding hydrogens is 252 g/mol. The molecule has 0 radical (unpaired) electrons. The van der Waals surface area contributed by atoms with Gasteiger partial charge in [-0.05, 0) is 38.5 Å². The van der Waals surface area contributed by atoms with Crippen molar-refractivity contribution in [2.75, 3.05) is 20.6 Å². The number of hydrogen-bond donors (Lipinski definition) is 0. The Kier molecular flexibility index (Phi) is 3.44. The number of carbonyl (C=O) groups excluding carboxylic acids is 1. The zero-order chi connectivity index (χ0) is 14.3. The molecule has 5 heteroatoms. The van der Waals surface area contributed by atoms with Crippen LogP contribution in [0.15, 0.2) is 0 Å². The van der Waals surface area contributed by atoms with Crippen LogP contribution in [0.2, 0.25) is 0 Å². The van der Waals surface area contributed by atoms with Crippen LogP contribution in [0, 0.1) is 0 Å². The van der Waals surface area contributed by atoms with E-state index in [-0.39, 0.29) is 12.1 Å². The lowest BCUT2D eigenvalue weighted by Crippen LogP contribution is -2.39. The number of nitrogens with zero attached hydrogens (tertiary/aromatic N) is 4. The quantitative estimate of drug-likeness (QED) is 0.788. The Bertz CT molecular complexity index is 520. The van der Waals surface area contributed by atoms with Gasteiger partial charge in [0, 0.05) is 33.4 Å². The minimum Gasteiger partial charge on any atom is -0.333 e. The summed E-state index contributed by atoms with van der Waals surface area (Å²) in [7, 11) is 5.76. The normalized spacial score (nSPS) is 21.9. The molecule has 1 atom stereocenters. The van der Waals surface area contributed by atoms with E-state index in [0.717, 1.165) is 38.1 Å². The number of amides is 2. The van der Waals surface area contributed by atoms with E-state index >= 15 is 0 Å². The highest BCUT2D eigenvalue weighted by molar-refractivity contribution is 5.74. The Morgan fingerprint density at radius 2 is 2.00 bits per heavy atom. The maximum atomic E-state index is 12.3. The van der Waals surface area contributed by atoms with E-state index in [0.29, 0.717) is 0 Å². The first-order chi connectivity index (χ1) is 9.59. The molecule has 3 rings (SSSR count). The molecule has 1 aromatic heterocycles. The van der Waals surface area contributed by atoms with Crippen LogP contribution in [-0.2, 0) is 19.9 Å². The number of rotatable bonds is 1. The van der Waals surface area contributed by atoms with E-state index in [4.69, 9.17) is 4.98 Å². The Labute approximate surface area is 120 Å². The molecule has 0 aromatic carbocycles. The topological polar surface area (TPSA) is 41.4 Å². The van der Waals surface area contributed by atoms with Gasteiger partial charge < -0.3 is 14.4 Å². The third kappa shape index (κ3) is 2.09. The predicted octanol–water partition coefficient (Wildman–Crippen LogP) is 2.12. The fourth-order valence-corrected chi connectivity index (χ4v) is 3.53. The van der Waals surface area contributed by atoms with Crippen molar-refractivity contribution in [3.8, 4) is 0 Å². The SMILES string of the molecule is CN(C)C(=O)N1CCC[C@H]1c1nc2c(n1C)CCCC2. The second-order valence-electron chi connectivity index (χ2n) is 6.16. The van der Waals surface area contributed by atoms with Crippen molar-refractivity contribution in [3.63, 3.8) is 0 Å². The van der Waals surface area contributed by atoms with Gasteiger partial charge >= 0.3 is 6.03 Å². The molecular formula is C15H24N4O. The smallest absolute Gasteiger partial charge is 0.320 e. The molecule has 0 bridgehead atoms. The molecule has 5 nitrogen and oxygen atoms in total. The maximum absolute atomic E-state index is 12.3. The minimum absolute atomic E-state index is 0.105. The second-order valence-corrected chi connectivity index (χ2v) is 6.16. The fourth-order valence-electron chi connectivity index (χ4n) is 3.53. The van der Waals surface area contributed by atoms with Crippen LogP contribution in [0.1, 0.15) is 48.9 Å². The molecule has 2 amide bonds. The number of aryl methyl sites for hydroxylation is 1. The first kappa shape index (κ1) is 13.5. The van der Waals surface area contributed by atoms with E-state index in [1.165, 1.54) is 24.2 Å². The van der Waals surface area contributed by atoms with Gasteiger partial charge in [0.2, 0.25) is 0 Å². The van der Waals surface area contributed by atoms with E-state index in [2.05, 4.69) is 11.6 Å². The lowest BCUT2D eigenvalue weighted by Gasteiger charge is -2.27. The first-order valence-electron chi connectivity index (χ1n) is 7.62. The standard InChI is InChI=1S/C15H24N4O/c1-17(2)15(20)19-10-6-9-13(19)14-16-11-7-4-5-8-12(11)18(14)3/h13H,4-10H2,1-3H3/t13-/m0/s1. The van der Waals surface area contributed by atoms with E-state index in [9.17, 15) is 4.79 Å². The third-order valence-corrected chi connectivity index (χ3v) is 4.59. The minimum atomic E-state index is 0.105. The molecule has 2 heterocycles. The summed E-state index contributed by atoms with van der Waals surface area (Å²) < 4.78 is 2.25. The van der Waals surface area contributed by atoms with Crippen LogP contribution in [0.4, 0.5) is 4.79 Å². The predicted molar refractivity (Wildman–Crippen MR) is 77.6 cm³/mol. The van der Waals surface area contributed by atoms with Crippen LogP contribution in [-0.4, -0.2) is 46.0 Å². The molecule has 0 unspecified atom stereocenters. The van der Waals surface area contributed by atoms with Gasteiger partial charge in [-0.3, -0.25) is 0 Å². The molecule has 0 spiro atoms. The molecule has 20 heavy (non-hydrogen) atoms. The number of urea groups is 1. The number of carbonyl (C=O) groups is 1. The number of imidazole rings is 1. The van der Waals surface area contributed by atoms with E-state index < -0.39 is 0 Å². The Morgan fingerprint density at radius 1 is 1.25 bits per heavy atom. The Hall–Kier alpha value is -1.52. The highest BCUT2D eigenvalue weighted by Gasteiger charge is 2.34.